The van der Waals surface area contributed by atoms with Crippen LogP contribution in [-0.4, -0.2) is 12.0 Å². The number of para-hydroxylation sites is 1. The van der Waals surface area contributed by atoms with Crippen LogP contribution < -0.4 is 10.1 Å². The van der Waals surface area contributed by atoms with E-state index in [2.05, 4.69) is 21.2 Å². The van der Waals surface area contributed by atoms with Crippen LogP contribution in [-0.2, 0) is 4.79 Å². The number of nitrogens with one attached hydrogen (secondary N) is 1. The first kappa shape index (κ1) is 15.9. The van der Waals surface area contributed by atoms with Crippen LogP contribution in [0.4, 0.5) is 5.69 Å². The summed E-state index contributed by atoms with van der Waals surface area (Å²) in [5.74, 6) is 0.390. The standard InChI is InChI=1S/C16H15BrClNO2/c1-2-15(21-12-7-5-6-11(18)10-12)16(20)19-14-9-4-3-8-13(14)17/h3-10,15H,2H2,1H3,(H,19,20)/t15-/m1/s1. The molecule has 2 aromatic rings. The lowest BCUT2D eigenvalue weighted by molar-refractivity contribution is -0.122. The fraction of sp³-hybridized carbons (Fsp3) is 0.188. The van der Waals surface area contributed by atoms with Crippen LogP contribution in [0.3, 0.4) is 0 Å². The Morgan fingerprint density at radius 3 is 2.71 bits per heavy atom. The summed E-state index contributed by atoms with van der Waals surface area (Å²) in [5, 5.41) is 3.43. The van der Waals surface area contributed by atoms with Crippen LogP contribution in [0, 0.1) is 0 Å². The maximum Gasteiger partial charge on any atom is 0.265 e. The first-order valence-electron chi connectivity index (χ1n) is 6.57. The topological polar surface area (TPSA) is 38.3 Å². The molecule has 2 rings (SSSR count). The maximum atomic E-state index is 12.3. The molecule has 0 heterocycles. The number of hydrogen-bond donors (Lipinski definition) is 1. The Bertz CT molecular complexity index is 633. The number of ether oxygens (including phenoxy) is 1. The van der Waals surface area contributed by atoms with Crippen LogP contribution in [0.1, 0.15) is 13.3 Å². The van der Waals surface area contributed by atoms with Crippen molar-refractivity contribution in [1.29, 1.82) is 0 Å². The summed E-state index contributed by atoms with van der Waals surface area (Å²) in [6, 6.07) is 14.5. The van der Waals surface area contributed by atoms with Crippen molar-refractivity contribution < 1.29 is 9.53 Å². The Labute approximate surface area is 137 Å². The summed E-state index contributed by atoms with van der Waals surface area (Å²) in [4.78, 5) is 12.3. The fourth-order valence-corrected chi connectivity index (χ4v) is 2.37. The van der Waals surface area contributed by atoms with Crippen LogP contribution in [0.2, 0.25) is 5.02 Å². The minimum absolute atomic E-state index is 0.190. The third-order valence-corrected chi connectivity index (χ3v) is 3.80. The molecule has 0 saturated heterocycles. The van der Waals surface area contributed by atoms with Crippen LogP contribution >= 0.6 is 27.5 Å². The predicted molar refractivity (Wildman–Crippen MR) is 88.9 cm³/mol. The SMILES string of the molecule is CC[C@@H](Oc1cccc(Cl)c1)C(=O)Nc1ccccc1Br. The quantitative estimate of drug-likeness (QED) is 0.815. The molecule has 2 aromatic carbocycles. The van der Waals surface area contributed by atoms with Gasteiger partial charge in [-0.1, -0.05) is 36.7 Å². The summed E-state index contributed by atoms with van der Waals surface area (Å²) in [5.41, 5.74) is 0.718. The van der Waals surface area contributed by atoms with E-state index in [0.717, 1.165) is 10.2 Å². The molecule has 0 unspecified atom stereocenters. The lowest BCUT2D eigenvalue weighted by Crippen LogP contribution is -2.32. The van der Waals surface area contributed by atoms with E-state index in [1.165, 1.54) is 0 Å². The molecule has 0 aliphatic rings. The number of carbonyl (C=O) groups excluding carboxylic acids is 1. The Hall–Kier alpha value is -1.52. The van der Waals surface area contributed by atoms with Crippen molar-refractivity contribution in [3.63, 3.8) is 0 Å². The highest BCUT2D eigenvalue weighted by Crippen LogP contribution is 2.23. The number of benzene rings is 2. The van der Waals surface area contributed by atoms with Gasteiger partial charge in [-0.2, -0.15) is 0 Å². The predicted octanol–water partition coefficient (Wildman–Crippen LogP) is 4.90. The van der Waals surface area contributed by atoms with Gasteiger partial charge in [0.2, 0.25) is 0 Å². The molecule has 1 N–H and O–H groups in total. The van der Waals surface area contributed by atoms with Crippen LogP contribution in [0.15, 0.2) is 53.0 Å². The molecule has 0 aliphatic heterocycles. The van der Waals surface area contributed by atoms with Crippen molar-refractivity contribution in [3.05, 3.63) is 58.0 Å². The van der Waals surface area contributed by atoms with Gasteiger partial charge in [0.15, 0.2) is 6.10 Å². The lowest BCUT2D eigenvalue weighted by Gasteiger charge is -2.18. The molecule has 1 atom stereocenters. The average Bonchev–Trinajstić information content (AvgIpc) is 2.47. The van der Waals surface area contributed by atoms with Gasteiger partial charge >= 0.3 is 0 Å². The number of hydrogen-bond acceptors (Lipinski definition) is 2. The summed E-state index contributed by atoms with van der Waals surface area (Å²) in [7, 11) is 0. The van der Waals surface area contributed by atoms with Gasteiger partial charge in [0.1, 0.15) is 5.75 Å². The first-order chi connectivity index (χ1) is 10.1. The highest BCUT2D eigenvalue weighted by atomic mass is 79.9. The zero-order valence-corrected chi connectivity index (χ0v) is 13.8. The van der Waals surface area contributed by atoms with E-state index in [9.17, 15) is 4.79 Å². The third kappa shape index (κ3) is 4.48. The van der Waals surface area contributed by atoms with Gasteiger partial charge in [-0.3, -0.25) is 4.79 Å². The Kier molecular flexibility index (Phi) is 5.65. The van der Waals surface area contributed by atoms with Crippen LogP contribution in [0.5, 0.6) is 5.75 Å². The van der Waals surface area contributed by atoms with E-state index in [4.69, 9.17) is 16.3 Å². The molecule has 21 heavy (non-hydrogen) atoms. The van der Waals surface area contributed by atoms with E-state index in [1.54, 1.807) is 24.3 Å². The molecule has 3 nitrogen and oxygen atoms in total. The molecular formula is C16H15BrClNO2. The van der Waals surface area contributed by atoms with Crippen molar-refractivity contribution in [2.24, 2.45) is 0 Å². The zero-order valence-electron chi connectivity index (χ0n) is 11.5. The lowest BCUT2D eigenvalue weighted by atomic mass is 10.2. The van der Waals surface area contributed by atoms with Gasteiger partial charge in [-0.15, -0.1) is 0 Å². The second-order valence-electron chi connectivity index (χ2n) is 4.44. The van der Waals surface area contributed by atoms with E-state index in [-0.39, 0.29) is 5.91 Å². The van der Waals surface area contributed by atoms with Crippen molar-refractivity contribution in [3.8, 4) is 5.75 Å². The molecule has 0 radical (unpaired) electrons. The zero-order chi connectivity index (χ0) is 15.2. The minimum Gasteiger partial charge on any atom is -0.481 e. The van der Waals surface area contributed by atoms with Crippen molar-refractivity contribution in [2.45, 2.75) is 19.4 Å². The number of halogens is 2. The molecule has 5 heteroatoms. The maximum absolute atomic E-state index is 12.3. The molecule has 1 amide bonds. The van der Waals surface area contributed by atoms with E-state index in [0.29, 0.717) is 17.2 Å². The van der Waals surface area contributed by atoms with Gasteiger partial charge in [-0.25, -0.2) is 0 Å². The van der Waals surface area contributed by atoms with Gasteiger partial charge in [-0.05, 0) is 52.7 Å². The molecule has 0 aliphatic carbocycles. The number of amides is 1. The second-order valence-corrected chi connectivity index (χ2v) is 5.73. The van der Waals surface area contributed by atoms with E-state index < -0.39 is 6.10 Å². The molecule has 0 bridgehead atoms. The summed E-state index contributed by atoms with van der Waals surface area (Å²) >= 11 is 9.31. The molecule has 0 spiro atoms. The number of anilines is 1. The van der Waals surface area contributed by atoms with E-state index >= 15 is 0 Å². The summed E-state index contributed by atoms with van der Waals surface area (Å²) in [6.45, 7) is 1.90. The number of rotatable bonds is 5. The highest BCUT2D eigenvalue weighted by Gasteiger charge is 2.19. The Morgan fingerprint density at radius 1 is 1.29 bits per heavy atom. The molecule has 0 saturated carbocycles. The Balaban J connectivity index is 2.07. The fourth-order valence-electron chi connectivity index (χ4n) is 1.80. The van der Waals surface area contributed by atoms with Gasteiger partial charge in [0, 0.05) is 9.50 Å². The smallest absolute Gasteiger partial charge is 0.265 e. The van der Waals surface area contributed by atoms with Crippen LogP contribution in [0.25, 0.3) is 0 Å². The average molecular weight is 369 g/mol. The van der Waals surface area contributed by atoms with Crippen molar-refractivity contribution in [2.75, 3.05) is 5.32 Å². The highest BCUT2D eigenvalue weighted by molar-refractivity contribution is 9.10. The second kappa shape index (κ2) is 7.48. The normalized spacial score (nSPS) is 11.8. The molecule has 0 aromatic heterocycles. The Morgan fingerprint density at radius 2 is 2.05 bits per heavy atom. The van der Waals surface area contributed by atoms with Gasteiger partial charge in [0.25, 0.3) is 5.91 Å². The molecule has 0 fully saturated rings. The molecule has 110 valence electrons. The third-order valence-electron chi connectivity index (χ3n) is 2.87. The molecular weight excluding hydrogens is 354 g/mol. The van der Waals surface area contributed by atoms with Crippen molar-refractivity contribution >= 4 is 39.1 Å². The largest absolute Gasteiger partial charge is 0.481 e. The van der Waals surface area contributed by atoms with Gasteiger partial charge < -0.3 is 10.1 Å². The summed E-state index contributed by atoms with van der Waals surface area (Å²) in [6.07, 6.45) is -0.0152. The minimum atomic E-state index is -0.574. The number of carbonyl (C=O) groups is 1. The van der Waals surface area contributed by atoms with Crippen molar-refractivity contribution in [1.82, 2.24) is 0 Å². The monoisotopic (exact) mass is 367 g/mol. The first-order valence-corrected chi connectivity index (χ1v) is 7.75. The van der Waals surface area contributed by atoms with E-state index in [1.807, 2.05) is 31.2 Å². The summed E-state index contributed by atoms with van der Waals surface area (Å²) < 4.78 is 6.54. The van der Waals surface area contributed by atoms with Gasteiger partial charge in [0.05, 0.1) is 5.69 Å².